The molecule has 2 aromatic heterocycles. The van der Waals surface area contributed by atoms with Gasteiger partial charge in [-0.1, -0.05) is 12.1 Å². The van der Waals surface area contributed by atoms with Crippen molar-refractivity contribution in [2.75, 3.05) is 31.6 Å². The highest BCUT2D eigenvalue weighted by molar-refractivity contribution is 5.53. The van der Waals surface area contributed by atoms with Crippen molar-refractivity contribution in [1.82, 2.24) is 19.9 Å². The number of nitrogens with zero attached hydrogens (tertiary/aromatic N) is 4. The summed E-state index contributed by atoms with van der Waals surface area (Å²) in [6, 6.07) is 12.1. The summed E-state index contributed by atoms with van der Waals surface area (Å²) >= 11 is 0. The molecule has 0 saturated carbocycles. The van der Waals surface area contributed by atoms with Crippen molar-refractivity contribution in [3.63, 3.8) is 0 Å². The van der Waals surface area contributed by atoms with Gasteiger partial charge < -0.3 is 15.0 Å². The van der Waals surface area contributed by atoms with Gasteiger partial charge in [-0.15, -0.1) is 0 Å². The van der Waals surface area contributed by atoms with Crippen LogP contribution in [0.25, 0.3) is 11.4 Å². The number of nitrogens with one attached hydrogen (secondary N) is 1. The third-order valence-electron chi connectivity index (χ3n) is 5.30. The molecule has 0 atom stereocenters. The number of H-pyrrole nitrogens is 1. The number of pyridine rings is 1. The van der Waals surface area contributed by atoms with Crippen molar-refractivity contribution in [2.24, 2.45) is 0 Å². The minimum Gasteiger partial charge on any atom is -0.395 e. The molecule has 0 radical (unpaired) electrons. The van der Waals surface area contributed by atoms with Crippen LogP contribution in [0, 0.1) is 0 Å². The number of hydrogen-bond donors (Lipinski definition) is 2. The van der Waals surface area contributed by atoms with Gasteiger partial charge in [-0.25, -0.2) is 4.98 Å². The van der Waals surface area contributed by atoms with Crippen molar-refractivity contribution in [3.05, 3.63) is 76.0 Å². The Kier molecular flexibility index (Phi) is 5.69. The first-order valence-electron chi connectivity index (χ1n) is 9.80. The molecular formula is C22H25N5O2. The molecule has 1 aromatic carbocycles. The first-order chi connectivity index (χ1) is 14.1. The van der Waals surface area contributed by atoms with E-state index < -0.39 is 0 Å². The van der Waals surface area contributed by atoms with Crippen LogP contribution in [-0.2, 0) is 19.5 Å². The van der Waals surface area contributed by atoms with Gasteiger partial charge in [0.05, 0.1) is 17.9 Å². The zero-order valence-electron chi connectivity index (χ0n) is 16.5. The Morgan fingerprint density at radius 2 is 2.07 bits per heavy atom. The van der Waals surface area contributed by atoms with Gasteiger partial charge in [-0.05, 0) is 29.8 Å². The SMILES string of the molecule is CN(CCO)c1ccc(CN2CCc3nc(-c4cccnc4)[nH]c(=O)c3C2)cc1. The van der Waals surface area contributed by atoms with Crippen LogP contribution in [0.1, 0.15) is 16.8 Å². The lowest BCUT2D eigenvalue weighted by Crippen LogP contribution is -2.35. The lowest BCUT2D eigenvalue weighted by atomic mass is 10.1. The molecule has 7 heteroatoms. The van der Waals surface area contributed by atoms with Crippen molar-refractivity contribution in [1.29, 1.82) is 0 Å². The minimum absolute atomic E-state index is 0.0699. The molecule has 150 valence electrons. The van der Waals surface area contributed by atoms with E-state index in [1.807, 2.05) is 24.1 Å². The van der Waals surface area contributed by atoms with E-state index in [4.69, 9.17) is 5.11 Å². The quantitative estimate of drug-likeness (QED) is 0.667. The van der Waals surface area contributed by atoms with E-state index in [-0.39, 0.29) is 12.2 Å². The van der Waals surface area contributed by atoms with Crippen LogP contribution in [0.5, 0.6) is 0 Å². The highest BCUT2D eigenvalue weighted by atomic mass is 16.3. The summed E-state index contributed by atoms with van der Waals surface area (Å²) in [6.07, 6.45) is 4.17. The van der Waals surface area contributed by atoms with Crippen molar-refractivity contribution >= 4 is 5.69 Å². The fourth-order valence-corrected chi connectivity index (χ4v) is 3.65. The molecule has 29 heavy (non-hydrogen) atoms. The summed E-state index contributed by atoms with van der Waals surface area (Å²) in [5.41, 5.74) is 4.66. The fourth-order valence-electron chi connectivity index (χ4n) is 3.65. The van der Waals surface area contributed by atoms with Gasteiger partial charge in [0.25, 0.3) is 5.56 Å². The lowest BCUT2D eigenvalue weighted by molar-refractivity contribution is 0.242. The van der Waals surface area contributed by atoms with Gasteiger partial charge in [-0.2, -0.15) is 0 Å². The second-order valence-corrected chi connectivity index (χ2v) is 7.35. The maximum atomic E-state index is 12.7. The number of benzene rings is 1. The maximum Gasteiger partial charge on any atom is 0.255 e. The number of fused-ring (bicyclic) bond motifs is 1. The molecule has 0 aliphatic carbocycles. The number of aromatic nitrogens is 3. The van der Waals surface area contributed by atoms with E-state index in [9.17, 15) is 4.79 Å². The van der Waals surface area contributed by atoms with Gasteiger partial charge >= 0.3 is 0 Å². The minimum atomic E-state index is -0.0699. The summed E-state index contributed by atoms with van der Waals surface area (Å²) in [5.74, 6) is 0.581. The second-order valence-electron chi connectivity index (χ2n) is 7.35. The standard InChI is InChI=1S/C22H25N5O2/c1-26(11-12-28)18-6-4-16(5-7-18)14-27-10-8-20-19(15-27)22(29)25-21(24-20)17-3-2-9-23-13-17/h2-7,9,13,28H,8,10-12,14-15H2,1H3,(H,24,25,29). The number of anilines is 1. The van der Waals surface area contributed by atoms with Crippen LogP contribution in [0.15, 0.2) is 53.6 Å². The number of aromatic amines is 1. The first kappa shape index (κ1) is 19.3. The Labute approximate surface area is 169 Å². The van der Waals surface area contributed by atoms with Gasteiger partial charge in [0.15, 0.2) is 0 Å². The van der Waals surface area contributed by atoms with Crippen LogP contribution >= 0.6 is 0 Å². The molecule has 4 rings (SSSR count). The number of aliphatic hydroxyl groups excluding tert-OH is 1. The second kappa shape index (κ2) is 8.55. The molecule has 0 unspecified atom stereocenters. The van der Waals surface area contributed by atoms with E-state index in [0.717, 1.165) is 42.0 Å². The summed E-state index contributed by atoms with van der Waals surface area (Å²) in [5, 5.41) is 9.07. The average Bonchev–Trinajstić information content (AvgIpc) is 2.75. The van der Waals surface area contributed by atoms with Crippen LogP contribution in [0.2, 0.25) is 0 Å². The zero-order chi connectivity index (χ0) is 20.2. The molecule has 0 fully saturated rings. The molecule has 3 heterocycles. The molecule has 1 aliphatic rings. The Balaban J connectivity index is 1.47. The first-order valence-corrected chi connectivity index (χ1v) is 9.80. The topological polar surface area (TPSA) is 85.3 Å². The highest BCUT2D eigenvalue weighted by Gasteiger charge is 2.21. The summed E-state index contributed by atoms with van der Waals surface area (Å²) in [4.78, 5) is 28.7. The number of rotatable bonds is 6. The number of hydrogen-bond acceptors (Lipinski definition) is 6. The Bertz CT molecular complexity index is 1020. The predicted molar refractivity (Wildman–Crippen MR) is 113 cm³/mol. The van der Waals surface area contributed by atoms with Crippen molar-refractivity contribution in [3.8, 4) is 11.4 Å². The molecule has 7 nitrogen and oxygen atoms in total. The van der Waals surface area contributed by atoms with Gasteiger partial charge in [-0.3, -0.25) is 14.7 Å². The van der Waals surface area contributed by atoms with Gasteiger partial charge in [0.2, 0.25) is 0 Å². The van der Waals surface area contributed by atoms with E-state index >= 15 is 0 Å². The molecule has 0 saturated heterocycles. The highest BCUT2D eigenvalue weighted by Crippen LogP contribution is 2.20. The van der Waals surface area contributed by atoms with E-state index in [2.05, 4.69) is 44.1 Å². The molecule has 2 N–H and O–H groups in total. The van der Waals surface area contributed by atoms with E-state index in [0.29, 0.717) is 18.9 Å². The van der Waals surface area contributed by atoms with Gasteiger partial charge in [0.1, 0.15) is 5.82 Å². The molecule has 0 bridgehead atoms. The largest absolute Gasteiger partial charge is 0.395 e. The monoisotopic (exact) mass is 391 g/mol. The third kappa shape index (κ3) is 4.36. The van der Waals surface area contributed by atoms with Crippen LogP contribution in [0.4, 0.5) is 5.69 Å². The average molecular weight is 391 g/mol. The number of likely N-dealkylation sites (N-methyl/N-ethyl adjacent to an activating group) is 1. The van der Waals surface area contributed by atoms with E-state index in [1.54, 1.807) is 12.4 Å². The Morgan fingerprint density at radius 1 is 1.24 bits per heavy atom. The Hall–Kier alpha value is -3.03. The van der Waals surface area contributed by atoms with Crippen LogP contribution < -0.4 is 10.5 Å². The summed E-state index contributed by atoms with van der Waals surface area (Å²) in [7, 11) is 1.96. The molecule has 0 spiro atoms. The molecule has 3 aromatic rings. The van der Waals surface area contributed by atoms with Crippen LogP contribution in [0.3, 0.4) is 0 Å². The molecule has 1 aliphatic heterocycles. The zero-order valence-corrected chi connectivity index (χ0v) is 16.5. The third-order valence-corrected chi connectivity index (χ3v) is 5.30. The molecule has 0 amide bonds. The van der Waals surface area contributed by atoms with Gasteiger partial charge in [0, 0.05) is 63.3 Å². The fraction of sp³-hybridized carbons (Fsp3) is 0.318. The normalized spacial score (nSPS) is 13.9. The van der Waals surface area contributed by atoms with Crippen molar-refractivity contribution < 1.29 is 5.11 Å². The van der Waals surface area contributed by atoms with E-state index in [1.165, 1.54) is 5.56 Å². The lowest BCUT2D eigenvalue weighted by Gasteiger charge is -2.28. The summed E-state index contributed by atoms with van der Waals surface area (Å²) < 4.78 is 0. The number of aliphatic hydroxyl groups is 1. The molecular weight excluding hydrogens is 366 g/mol. The maximum absolute atomic E-state index is 12.7. The van der Waals surface area contributed by atoms with Crippen molar-refractivity contribution in [2.45, 2.75) is 19.5 Å². The van der Waals surface area contributed by atoms with Crippen LogP contribution in [-0.4, -0.2) is 51.7 Å². The Morgan fingerprint density at radius 3 is 2.79 bits per heavy atom. The predicted octanol–water partition coefficient (Wildman–Crippen LogP) is 1.82. The smallest absolute Gasteiger partial charge is 0.255 e. The summed E-state index contributed by atoms with van der Waals surface area (Å²) in [6.45, 7) is 2.99.